The van der Waals surface area contributed by atoms with Crippen molar-refractivity contribution in [3.8, 4) is 6.07 Å². The first-order valence-electron chi connectivity index (χ1n) is 13.0. The lowest BCUT2D eigenvalue weighted by atomic mass is 9.96. The van der Waals surface area contributed by atoms with Crippen LogP contribution >= 0.6 is 0 Å². The lowest BCUT2D eigenvalue weighted by Gasteiger charge is -2.49. The molecule has 190 valence electrons. The van der Waals surface area contributed by atoms with Gasteiger partial charge in [0.2, 0.25) is 5.95 Å². The maximum atomic E-state index is 15.1. The molecule has 4 heterocycles. The SMILES string of the molecule is CC[C@H]1CN([C@H](C)c2ccc(C3CC3)nc2F)[C@H](CC)CN1c1cc(=O)n(C)c2cn(CC#N)nc12. The summed E-state index contributed by atoms with van der Waals surface area (Å²) >= 11 is 0. The topological polar surface area (TPSA) is 83.0 Å². The van der Waals surface area contributed by atoms with Gasteiger partial charge in [-0.25, -0.2) is 4.98 Å². The van der Waals surface area contributed by atoms with Gasteiger partial charge in [-0.3, -0.25) is 14.4 Å². The van der Waals surface area contributed by atoms with Crippen molar-refractivity contribution in [3.05, 3.63) is 52.0 Å². The van der Waals surface area contributed by atoms with Gasteiger partial charge in [0.1, 0.15) is 12.1 Å². The van der Waals surface area contributed by atoms with Crippen LogP contribution in [0, 0.1) is 17.3 Å². The molecule has 0 amide bonds. The van der Waals surface area contributed by atoms with E-state index in [0.717, 1.165) is 54.6 Å². The molecule has 1 saturated carbocycles. The van der Waals surface area contributed by atoms with Crippen LogP contribution in [-0.2, 0) is 13.6 Å². The van der Waals surface area contributed by atoms with Crippen molar-refractivity contribution in [2.45, 2.75) is 77.0 Å². The summed E-state index contributed by atoms with van der Waals surface area (Å²) in [6.45, 7) is 7.95. The summed E-state index contributed by atoms with van der Waals surface area (Å²) in [4.78, 5) is 21.9. The lowest BCUT2D eigenvalue weighted by molar-refractivity contribution is 0.0989. The zero-order chi connectivity index (χ0) is 25.6. The average Bonchev–Trinajstić information content (AvgIpc) is 3.65. The zero-order valence-electron chi connectivity index (χ0n) is 21.5. The molecule has 3 aromatic heterocycles. The van der Waals surface area contributed by atoms with Crippen LogP contribution in [0.4, 0.5) is 10.1 Å². The Kier molecular flexibility index (Phi) is 6.56. The molecule has 5 rings (SSSR count). The highest BCUT2D eigenvalue weighted by atomic mass is 19.1. The molecule has 0 N–H and O–H groups in total. The molecule has 3 atom stereocenters. The van der Waals surface area contributed by atoms with E-state index in [-0.39, 0.29) is 36.2 Å². The third-order valence-electron chi connectivity index (χ3n) is 8.00. The van der Waals surface area contributed by atoms with E-state index >= 15 is 4.39 Å². The molecule has 1 aliphatic heterocycles. The van der Waals surface area contributed by atoms with E-state index in [9.17, 15) is 4.79 Å². The lowest BCUT2D eigenvalue weighted by Crippen LogP contribution is -2.59. The molecule has 2 aliphatic rings. The Hall–Kier alpha value is -3.25. The van der Waals surface area contributed by atoms with Crippen LogP contribution < -0.4 is 10.5 Å². The fraction of sp³-hybridized carbons (Fsp3) is 0.556. The molecule has 1 aliphatic carbocycles. The minimum atomic E-state index is -0.353. The van der Waals surface area contributed by atoms with E-state index in [1.807, 2.05) is 12.1 Å². The zero-order valence-corrected chi connectivity index (χ0v) is 21.5. The van der Waals surface area contributed by atoms with Crippen LogP contribution in [-0.4, -0.2) is 49.4 Å². The van der Waals surface area contributed by atoms with Crippen molar-refractivity contribution >= 4 is 16.7 Å². The number of hydrogen-bond acceptors (Lipinski definition) is 6. The molecule has 0 unspecified atom stereocenters. The van der Waals surface area contributed by atoms with Crippen molar-refractivity contribution in [1.29, 1.82) is 5.26 Å². The van der Waals surface area contributed by atoms with Gasteiger partial charge in [-0.1, -0.05) is 19.9 Å². The number of nitrogens with zero attached hydrogens (tertiary/aromatic N) is 7. The number of hydrogen-bond donors (Lipinski definition) is 0. The molecular weight excluding hydrogens is 457 g/mol. The van der Waals surface area contributed by atoms with E-state index in [2.05, 4.69) is 46.7 Å². The molecule has 2 fully saturated rings. The van der Waals surface area contributed by atoms with Gasteiger partial charge in [0.15, 0.2) is 0 Å². The highest BCUT2D eigenvalue weighted by Gasteiger charge is 2.37. The first-order chi connectivity index (χ1) is 17.4. The van der Waals surface area contributed by atoms with E-state index in [4.69, 9.17) is 5.26 Å². The Morgan fingerprint density at radius 1 is 1.19 bits per heavy atom. The van der Waals surface area contributed by atoms with Crippen LogP contribution in [0.3, 0.4) is 0 Å². The fourth-order valence-electron chi connectivity index (χ4n) is 5.62. The fourth-order valence-corrected chi connectivity index (χ4v) is 5.62. The summed E-state index contributed by atoms with van der Waals surface area (Å²) in [5, 5.41) is 13.8. The molecule has 9 heteroatoms. The van der Waals surface area contributed by atoms with E-state index in [0.29, 0.717) is 18.0 Å². The molecule has 0 aromatic carbocycles. The Morgan fingerprint density at radius 3 is 2.58 bits per heavy atom. The summed E-state index contributed by atoms with van der Waals surface area (Å²) in [5.41, 5.74) is 3.67. The molecule has 0 spiro atoms. The van der Waals surface area contributed by atoms with Gasteiger partial charge in [-0.15, -0.1) is 0 Å². The summed E-state index contributed by atoms with van der Waals surface area (Å²) in [7, 11) is 1.73. The van der Waals surface area contributed by atoms with E-state index < -0.39 is 0 Å². The Bertz CT molecular complexity index is 1370. The molecule has 0 radical (unpaired) electrons. The van der Waals surface area contributed by atoms with Gasteiger partial charge in [0.05, 0.1) is 23.5 Å². The molecule has 0 bridgehead atoms. The summed E-state index contributed by atoms with van der Waals surface area (Å²) in [6, 6.07) is 7.91. The Labute approximate surface area is 210 Å². The van der Waals surface area contributed by atoms with Gasteiger partial charge < -0.3 is 9.47 Å². The summed E-state index contributed by atoms with van der Waals surface area (Å²) in [6.07, 6.45) is 5.73. The van der Waals surface area contributed by atoms with Gasteiger partial charge in [-0.2, -0.15) is 14.8 Å². The third kappa shape index (κ3) is 4.28. The minimum Gasteiger partial charge on any atom is -0.364 e. The maximum absolute atomic E-state index is 15.1. The standard InChI is InChI=1S/C27H34FN7O/c1-5-19-15-35(23-13-25(36)32(4)24-16-33(12-11-29)31-26(23)24)20(6-2)14-34(19)17(3)21-9-10-22(18-7-8-18)30-27(21)28/h9-10,13,16-20H,5-8,12,14-15H2,1-4H3/t17-,19-,20+/m1/s1. The van der Waals surface area contributed by atoms with Crippen LogP contribution in [0.2, 0.25) is 0 Å². The predicted molar refractivity (Wildman–Crippen MR) is 137 cm³/mol. The van der Waals surface area contributed by atoms with Crippen molar-refractivity contribution in [2.24, 2.45) is 7.05 Å². The highest BCUT2D eigenvalue weighted by Crippen LogP contribution is 2.40. The van der Waals surface area contributed by atoms with E-state index in [1.165, 1.54) is 0 Å². The quantitative estimate of drug-likeness (QED) is 0.463. The maximum Gasteiger partial charge on any atom is 0.252 e. The molecule has 36 heavy (non-hydrogen) atoms. The Balaban J connectivity index is 1.48. The third-order valence-corrected chi connectivity index (χ3v) is 8.00. The van der Waals surface area contributed by atoms with Gasteiger partial charge in [0, 0.05) is 61.5 Å². The molecule has 8 nitrogen and oxygen atoms in total. The first kappa shape index (κ1) is 24.4. The van der Waals surface area contributed by atoms with Crippen LogP contribution in [0.1, 0.15) is 69.7 Å². The number of pyridine rings is 2. The number of fused-ring (bicyclic) bond motifs is 1. The first-order valence-corrected chi connectivity index (χ1v) is 13.0. The van der Waals surface area contributed by atoms with E-state index in [1.54, 1.807) is 28.6 Å². The van der Waals surface area contributed by atoms with Crippen molar-refractivity contribution < 1.29 is 4.39 Å². The minimum absolute atomic E-state index is 0.100. The van der Waals surface area contributed by atoms with Gasteiger partial charge in [0.25, 0.3) is 5.56 Å². The summed E-state index contributed by atoms with van der Waals surface area (Å²) < 4.78 is 18.3. The molecular formula is C27H34FN7O. The van der Waals surface area contributed by atoms with Gasteiger partial charge >= 0.3 is 0 Å². The van der Waals surface area contributed by atoms with Gasteiger partial charge in [-0.05, 0) is 38.7 Å². The largest absolute Gasteiger partial charge is 0.364 e. The number of aromatic nitrogens is 4. The molecule has 3 aromatic rings. The van der Waals surface area contributed by atoms with Crippen LogP contribution in [0.25, 0.3) is 11.0 Å². The second kappa shape index (κ2) is 9.66. The normalized spacial score (nSPS) is 21.6. The second-order valence-electron chi connectivity index (χ2n) is 10.2. The smallest absolute Gasteiger partial charge is 0.252 e. The van der Waals surface area contributed by atoms with Crippen LogP contribution in [0.15, 0.2) is 29.2 Å². The van der Waals surface area contributed by atoms with Crippen LogP contribution in [0.5, 0.6) is 0 Å². The second-order valence-corrected chi connectivity index (χ2v) is 10.2. The average molecular weight is 492 g/mol. The Morgan fingerprint density at radius 2 is 1.94 bits per heavy atom. The van der Waals surface area contributed by atoms with Crippen molar-refractivity contribution in [1.82, 2.24) is 24.2 Å². The number of anilines is 1. The monoisotopic (exact) mass is 491 g/mol. The summed E-state index contributed by atoms with van der Waals surface area (Å²) in [5.74, 6) is 0.0702. The molecule has 1 saturated heterocycles. The number of rotatable bonds is 7. The number of piperazine rings is 1. The number of aryl methyl sites for hydroxylation is 1. The predicted octanol–water partition coefficient (Wildman–Crippen LogP) is 4.11. The highest BCUT2D eigenvalue weighted by molar-refractivity contribution is 5.88. The number of halogens is 1. The number of nitriles is 1. The van der Waals surface area contributed by atoms with Crippen molar-refractivity contribution in [3.63, 3.8) is 0 Å². The van der Waals surface area contributed by atoms with Crippen molar-refractivity contribution in [2.75, 3.05) is 18.0 Å².